The van der Waals surface area contributed by atoms with E-state index in [1.165, 1.54) is 0 Å². The van der Waals surface area contributed by atoms with Gasteiger partial charge in [-0.25, -0.2) is 0 Å². The van der Waals surface area contributed by atoms with Gasteiger partial charge < -0.3 is 23.7 Å². The molecule has 0 N–H and O–H groups in total. The van der Waals surface area contributed by atoms with Crippen molar-refractivity contribution in [1.29, 1.82) is 0 Å². The number of ether oxygens (including phenoxy) is 5. The van der Waals surface area contributed by atoms with Crippen LogP contribution in [0.15, 0.2) is 0 Å². The second kappa shape index (κ2) is 7.16. The first-order valence-corrected chi connectivity index (χ1v) is 11.8. The minimum absolute atomic E-state index is 0.0348. The van der Waals surface area contributed by atoms with Gasteiger partial charge in [0.05, 0.1) is 64.1 Å². The molecule has 29 heavy (non-hydrogen) atoms. The zero-order valence-electron chi connectivity index (χ0n) is 19.5. The highest BCUT2D eigenvalue weighted by Crippen LogP contribution is 2.65. The normalized spacial score (nSPS) is 29.2. The molecule has 0 saturated carbocycles. The Labute approximate surface area is 177 Å². The third-order valence-corrected chi connectivity index (χ3v) is 10.2. The topological polar surface area (TPSA) is 46.2 Å². The molecule has 4 heterocycles. The average molecular weight is 411 g/mol. The molecule has 0 spiro atoms. The second-order valence-electron chi connectivity index (χ2n) is 10.7. The summed E-state index contributed by atoms with van der Waals surface area (Å²) >= 11 is 0. The molecule has 4 saturated heterocycles. The number of rotatable bonds is 10. The third-order valence-electron chi connectivity index (χ3n) is 10.2. The van der Waals surface area contributed by atoms with Crippen LogP contribution in [0.25, 0.3) is 0 Å². The van der Waals surface area contributed by atoms with Gasteiger partial charge in [-0.1, -0.05) is 27.7 Å². The zero-order valence-corrected chi connectivity index (χ0v) is 19.5. The minimum atomic E-state index is -0.315. The Balaban J connectivity index is 1.82. The maximum absolute atomic E-state index is 7.70. The molecule has 0 aromatic carbocycles. The van der Waals surface area contributed by atoms with Gasteiger partial charge in [0.25, 0.3) is 0 Å². The molecule has 4 aliphatic rings. The molecule has 4 fully saturated rings. The summed E-state index contributed by atoms with van der Waals surface area (Å²) in [5.41, 5.74) is -0.491. The highest BCUT2D eigenvalue weighted by molar-refractivity contribution is 5.19. The van der Waals surface area contributed by atoms with Crippen LogP contribution in [0.2, 0.25) is 0 Å². The van der Waals surface area contributed by atoms with E-state index in [9.17, 15) is 0 Å². The fourth-order valence-corrected chi connectivity index (χ4v) is 6.63. The van der Waals surface area contributed by atoms with Gasteiger partial charge in [0.2, 0.25) is 0 Å². The molecule has 0 radical (unpaired) electrons. The van der Waals surface area contributed by atoms with E-state index in [0.717, 1.165) is 78.5 Å². The molecule has 5 heteroatoms. The molecule has 0 aliphatic carbocycles. The monoisotopic (exact) mass is 410 g/mol. The van der Waals surface area contributed by atoms with E-state index < -0.39 is 0 Å². The van der Waals surface area contributed by atoms with E-state index in [1.54, 1.807) is 0 Å². The maximum atomic E-state index is 7.70. The SMILES string of the molecule is CCC1(C(C)(OC(C)(C2(CC)COC2)C2(CC)COC2)C2(CC)COC2)COC1. The van der Waals surface area contributed by atoms with Crippen molar-refractivity contribution in [2.24, 2.45) is 21.7 Å². The fraction of sp³-hybridized carbons (Fsp3) is 1.00. The predicted molar refractivity (Wildman–Crippen MR) is 112 cm³/mol. The van der Waals surface area contributed by atoms with Crippen LogP contribution >= 0.6 is 0 Å². The van der Waals surface area contributed by atoms with E-state index in [-0.39, 0.29) is 32.9 Å². The van der Waals surface area contributed by atoms with Crippen molar-refractivity contribution in [2.75, 3.05) is 52.9 Å². The summed E-state index contributed by atoms with van der Waals surface area (Å²) < 4.78 is 31.0. The van der Waals surface area contributed by atoms with Crippen LogP contribution in [0.4, 0.5) is 0 Å². The summed E-state index contributed by atoms with van der Waals surface area (Å²) in [5, 5.41) is 0. The van der Waals surface area contributed by atoms with Gasteiger partial charge in [-0.05, 0) is 39.5 Å². The van der Waals surface area contributed by atoms with Gasteiger partial charge in [0.15, 0.2) is 0 Å². The molecular weight excluding hydrogens is 368 g/mol. The van der Waals surface area contributed by atoms with Gasteiger partial charge in [-0.2, -0.15) is 0 Å². The lowest BCUT2D eigenvalue weighted by Crippen LogP contribution is -2.79. The summed E-state index contributed by atoms with van der Waals surface area (Å²) in [4.78, 5) is 0. The van der Waals surface area contributed by atoms with Crippen molar-refractivity contribution in [3.05, 3.63) is 0 Å². The molecule has 0 aromatic heterocycles. The maximum Gasteiger partial charge on any atom is 0.0862 e. The highest BCUT2D eigenvalue weighted by atomic mass is 16.6. The summed E-state index contributed by atoms with van der Waals surface area (Å²) in [7, 11) is 0. The summed E-state index contributed by atoms with van der Waals surface area (Å²) in [6, 6.07) is 0. The van der Waals surface area contributed by atoms with Crippen molar-refractivity contribution in [3.63, 3.8) is 0 Å². The lowest BCUT2D eigenvalue weighted by molar-refractivity contribution is -0.411. The fourth-order valence-electron chi connectivity index (χ4n) is 6.63. The molecule has 0 atom stereocenters. The minimum Gasteiger partial charge on any atom is -0.380 e. The number of hydrogen-bond acceptors (Lipinski definition) is 5. The highest BCUT2D eigenvalue weighted by Gasteiger charge is 2.73. The smallest absolute Gasteiger partial charge is 0.0862 e. The Bertz CT molecular complexity index is 480. The molecule has 0 bridgehead atoms. The standard InChI is InChI=1S/C24H42O5/c1-7-21(11-25-12-21)19(5,22(8-2)13-26-14-22)29-20(6,23(9-3)15-27-16-23)24(10-4)17-28-18-24/h7-18H2,1-6H3. The Morgan fingerprint density at radius 2 is 0.724 bits per heavy atom. The lowest BCUT2D eigenvalue weighted by atomic mass is 9.51. The van der Waals surface area contributed by atoms with E-state index in [2.05, 4.69) is 41.5 Å². The van der Waals surface area contributed by atoms with Crippen LogP contribution in [0.5, 0.6) is 0 Å². The molecule has 4 aliphatic heterocycles. The van der Waals surface area contributed by atoms with E-state index in [1.807, 2.05) is 0 Å². The van der Waals surface area contributed by atoms with Crippen molar-refractivity contribution in [2.45, 2.75) is 78.4 Å². The molecule has 4 rings (SSSR count). The average Bonchev–Trinajstić information content (AvgIpc) is 2.52. The Morgan fingerprint density at radius 1 is 0.517 bits per heavy atom. The van der Waals surface area contributed by atoms with Crippen molar-refractivity contribution >= 4 is 0 Å². The van der Waals surface area contributed by atoms with Crippen molar-refractivity contribution < 1.29 is 23.7 Å². The predicted octanol–water partition coefficient (Wildman–Crippen LogP) is 4.23. The summed E-state index contributed by atoms with van der Waals surface area (Å²) in [5.74, 6) is 0. The van der Waals surface area contributed by atoms with Gasteiger partial charge in [-0.3, -0.25) is 0 Å². The van der Waals surface area contributed by atoms with Crippen molar-refractivity contribution in [1.82, 2.24) is 0 Å². The van der Waals surface area contributed by atoms with Gasteiger partial charge in [0, 0.05) is 21.7 Å². The molecular formula is C24H42O5. The van der Waals surface area contributed by atoms with Crippen LogP contribution in [0, 0.1) is 21.7 Å². The molecule has 0 unspecified atom stereocenters. The Hall–Kier alpha value is -0.200. The van der Waals surface area contributed by atoms with Crippen LogP contribution in [0.3, 0.4) is 0 Å². The first kappa shape index (κ1) is 22.0. The second-order valence-corrected chi connectivity index (χ2v) is 10.7. The van der Waals surface area contributed by atoms with Crippen LogP contribution in [-0.4, -0.2) is 64.1 Å². The third kappa shape index (κ3) is 2.51. The van der Waals surface area contributed by atoms with Gasteiger partial charge >= 0.3 is 0 Å². The largest absolute Gasteiger partial charge is 0.380 e. The first-order valence-electron chi connectivity index (χ1n) is 11.8. The molecule has 5 nitrogen and oxygen atoms in total. The summed E-state index contributed by atoms with van der Waals surface area (Å²) in [6.07, 6.45) is 4.25. The van der Waals surface area contributed by atoms with E-state index >= 15 is 0 Å². The molecule has 0 amide bonds. The Morgan fingerprint density at radius 3 is 0.828 bits per heavy atom. The van der Waals surface area contributed by atoms with E-state index in [0.29, 0.717) is 0 Å². The lowest BCUT2D eigenvalue weighted by Gasteiger charge is -2.71. The number of hydrogen-bond donors (Lipinski definition) is 0. The quantitative estimate of drug-likeness (QED) is 0.539. The molecule has 0 aromatic rings. The van der Waals surface area contributed by atoms with Crippen LogP contribution in [0.1, 0.15) is 67.2 Å². The van der Waals surface area contributed by atoms with Crippen molar-refractivity contribution in [3.8, 4) is 0 Å². The zero-order chi connectivity index (χ0) is 21.0. The van der Waals surface area contributed by atoms with E-state index in [4.69, 9.17) is 23.7 Å². The molecule has 168 valence electrons. The van der Waals surface area contributed by atoms with Crippen LogP contribution in [-0.2, 0) is 23.7 Å². The van der Waals surface area contributed by atoms with Gasteiger partial charge in [-0.15, -0.1) is 0 Å². The Kier molecular flexibility index (Phi) is 5.44. The van der Waals surface area contributed by atoms with Gasteiger partial charge in [0.1, 0.15) is 0 Å². The van der Waals surface area contributed by atoms with Crippen LogP contribution < -0.4 is 0 Å². The summed E-state index contributed by atoms with van der Waals surface area (Å²) in [6.45, 7) is 20.2. The first-order chi connectivity index (χ1) is 13.8.